The maximum absolute atomic E-state index is 13.8. The van der Waals surface area contributed by atoms with Gasteiger partial charge < -0.3 is 10.2 Å². The molecule has 222 valence electrons. The number of hydrogen-bond donors (Lipinski definition) is 1. The Hall–Kier alpha value is -4.84. The summed E-state index contributed by atoms with van der Waals surface area (Å²) in [5.74, 6) is -0.0959. The molecule has 0 aliphatic carbocycles. The molecule has 0 fully saturated rings. The summed E-state index contributed by atoms with van der Waals surface area (Å²) < 4.78 is 54.4. The van der Waals surface area contributed by atoms with E-state index in [4.69, 9.17) is 4.98 Å². The van der Waals surface area contributed by atoms with Crippen molar-refractivity contribution in [1.29, 1.82) is 0 Å². The first-order valence-corrected chi connectivity index (χ1v) is 13.4. The summed E-state index contributed by atoms with van der Waals surface area (Å²) >= 11 is 0. The highest BCUT2D eigenvalue weighted by Crippen LogP contribution is 2.33. The van der Waals surface area contributed by atoms with E-state index in [1.807, 2.05) is 34.7 Å². The fourth-order valence-corrected chi connectivity index (χ4v) is 4.55. The lowest BCUT2D eigenvalue weighted by Crippen LogP contribution is -2.34. The normalized spacial score (nSPS) is 11.7. The molecule has 0 unspecified atom stereocenters. The Kier molecular flexibility index (Phi) is 8.40. The van der Waals surface area contributed by atoms with Crippen molar-refractivity contribution in [2.24, 2.45) is 0 Å². The fraction of sp³-hybridized carbons (Fsp3) is 0.226. The summed E-state index contributed by atoms with van der Waals surface area (Å²) in [6.45, 7) is 1.00. The van der Waals surface area contributed by atoms with Gasteiger partial charge in [0.05, 0.1) is 29.2 Å². The minimum Gasteiger partial charge on any atom is -0.350 e. The van der Waals surface area contributed by atoms with E-state index >= 15 is 0 Å². The Labute approximate surface area is 245 Å². The number of hydrogen-bond acceptors (Lipinski definition) is 6. The summed E-state index contributed by atoms with van der Waals surface area (Å²) in [4.78, 5) is 29.4. The minimum absolute atomic E-state index is 0.00299. The molecule has 0 saturated carbocycles. The first-order valence-electron chi connectivity index (χ1n) is 13.4. The zero-order valence-corrected chi connectivity index (χ0v) is 23.7. The molecule has 1 N–H and O–H groups in total. The number of aromatic nitrogens is 4. The first-order chi connectivity index (χ1) is 20.5. The Morgan fingerprint density at radius 1 is 0.930 bits per heavy atom. The van der Waals surface area contributed by atoms with Crippen molar-refractivity contribution in [3.05, 3.63) is 102 Å². The third kappa shape index (κ3) is 6.97. The van der Waals surface area contributed by atoms with Crippen LogP contribution in [0.5, 0.6) is 0 Å². The van der Waals surface area contributed by atoms with E-state index in [0.29, 0.717) is 40.4 Å². The molecule has 0 saturated heterocycles. The maximum Gasteiger partial charge on any atom is 0.416 e. The van der Waals surface area contributed by atoms with E-state index in [-0.39, 0.29) is 30.8 Å². The molecule has 3 aromatic heterocycles. The highest BCUT2D eigenvalue weighted by molar-refractivity contribution is 5.81. The molecule has 3 heterocycles. The minimum atomic E-state index is -4.40. The molecule has 0 aliphatic heterocycles. The number of fused-ring (bicyclic) bond motifs is 1. The first kappa shape index (κ1) is 29.6. The molecule has 0 bridgehead atoms. The SMILES string of the molecule is CN(CC(=O)N(C)C)Cc1ccn2c(-c3ccnc(NCc4ccc(C(F)(F)F)cc4)n3)c(-c3ccc(F)cc3)nc2c1. The van der Waals surface area contributed by atoms with Gasteiger partial charge in [0, 0.05) is 45.1 Å². The number of carbonyl (C=O) groups excluding carboxylic acids is 1. The number of likely N-dealkylation sites (N-methyl/N-ethyl adjacent to an activating group) is 2. The third-order valence-corrected chi connectivity index (χ3v) is 6.79. The van der Waals surface area contributed by atoms with Gasteiger partial charge in [-0.25, -0.2) is 19.3 Å². The molecular formula is C31H29F4N7O. The van der Waals surface area contributed by atoms with Gasteiger partial charge >= 0.3 is 6.18 Å². The number of alkyl halides is 3. The van der Waals surface area contributed by atoms with Crippen LogP contribution in [0.15, 0.2) is 79.1 Å². The third-order valence-electron chi connectivity index (χ3n) is 6.79. The van der Waals surface area contributed by atoms with Gasteiger partial charge in [-0.1, -0.05) is 12.1 Å². The summed E-state index contributed by atoms with van der Waals surface area (Å²) in [5.41, 5.74) is 3.97. The Morgan fingerprint density at radius 3 is 2.33 bits per heavy atom. The number of halogens is 4. The molecule has 43 heavy (non-hydrogen) atoms. The van der Waals surface area contributed by atoms with E-state index < -0.39 is 11.7 Å². The predicted molar refractivity (Wildman–Crippen MR) is 155 cm³/mol. The van der Waals surface area contributed by atoms with Crippen molar-refractivity contribution in [3.8, 4) is 22.6 Å². The average Bonchev–Trinajstić information content (AvgIpc) is 3.35. The van der Waals surface area contributed by atoms with E-state index in [1.165, 1.54) is 24.3 Å². The summed E-state index contributed by atoms with van der Waals surface area (Å²) in [6, 6.07) is 16.5. The Balaban J connectivity index is 1.46. The average molecular weight is 592 g/mol. The number of anilines is 1. The van der Waals surface area contributed by atoms with Crippen molar-refractivity contribution in [2.45, 2.75) is 19.3 Å². The zero-order chi connectivity index (χ0) is 30.7. The monoisotopic (exact) mass is 591 g/mol. The van der Waals surface area contributed by atoms with Crippen LogP contribution in [0.25, 0.3) is 28.3 Å². The predicted octanol–water partition coefficient (Wildman–Crippen LogP) is 5.75. The summed E-state index contributed by atoms with van der Waals surface area (Å²) in [5, 5.41) is 3.07. The molecule has 5 rings (SSSR count). The lowest BCUT2D eigenvalue weighted by molar-refractivity contribution is -0.137. The van der Waals surface area contributed by atoms with Gasteiger partial charge in [-0.2, -0.15) is 13.2 Å². The highest BCUT2D eigenvalue weighted by atomic mass is 19.4. The van der Waals surface area contributed by atoms with Crippen LogP contribution in [-0.2, 0) is 24.1 Å². The van der Waals surface area contributed by atoms with E-state index in [9.17, 15) is 22.4 Å². The van der Waals surface area contributed by atoms with Crippen LogP contribution >= 0.6 is 0 Å². The van der Waals surface area contributed by atoms with E-state index in [1.54, 1.807) is 43.4 Å². The van der Waals surface area contributed by atoms with Crippen LogP contribution < -0.4 is 5.32 Å². The van der Waals surface area contributed by atoms with Gasteiger partial charge in [-0.3, -0.25) is 14.1 Å². The van der Waals surface area contributed by atoms with Crippen LogP contribution in [0.2, 0.25) is 0 Å². The smallest absolute Gasteiger partial charge is 0.350 e. The van der Waals surface area contributed by atoms with Crippen LogP contribution in [0.3, 0.4) is 0 Å². The van der Waals surface area contributed by atoms with E-state index in [2.05, 4.69) is 15.3 Å². The van der Waals surface area contributed by atoms with Crippen LogP contribution in [-0.4, -0.2) is 62.7 Å². The second-order valence-corrected chi connectivity index (χ2v) is 10.4. The Morgan fingerprint density at radius 2 is 1.65 bits per heavy atom. The topological polar surface area (TPSA) is 78.7 Å². The number of amides is 1. The van der Waals surface area contributed by atoms with Gasteiger partial charge in [-0.15, -0.1) is 0 Å². The number of imidazole rings is 1. The van der Waals surface area contributed by atoms with Gasteiger partial charge in [0.2, 0.25) is 11.9 Å². The highest BCUT2D eigenvalue weighted by Gasteiger charge is 2.30. The van der Waals surface area contributed by atoms with Crippen molar-refractivity contribution in [2.75, 3.05) is 33.0 Å². The summed E-state index contributed by atoms with van der Waals surface area (Å²) in [7, 11) is 5.30. The lowest BCUT2D eigenvalue weighted by atomic mass is 10.1. The molecule has 5 aromatic rings. The van der Waals surface area contributed by atoms with Gasteiger partial charge in [0.25, 0.3) is 0 Å². The molecule has 0 spiro atoms. The molecule has 2 aromatic carbocycles. The molecule has 0 aliphatic rings. The number of rotatable bonds is 9. The molecule has 0 radical (unpaired) electrons. The van der Waals surface area contributed by atoms with Crippen LogP contribution in [0.1, 0.15) is 16.7 Å². The molecule has 1 amide bonds. The van der Waals surface area contributed by atoms with Gasteiger partial charge in [-0.05, 0) is 72.8 Å². The molecule has 0 atom stereocenters. The second-order valence-electron chi connectivity index (χ2n) is 10.4. The molecule has 12 heteroatoms. The number of nitrogens with zero attached hydrogens (tertiary/aromatic N) is 6. The number of pyridine rings is 1. The zero-order valence-electron chi connectivity index (χ0n) is 23.7. The fourth-order valence-electron chi connectivity index (χ4n) is 4.55. The second kappa shape index (κ2) is 12.2. The number of benzene rings is 2. The lowest BCUT2D eigenvalue weighted by Gasteiger charge is -2.19. The number of nitrogens with one attached hydrogen (secondary N) is 1. The van der Waals surface area contributed by atoms with Crippen molar-refractivity contribution in [1.82, 2.24) is 29.2 Å². The van der Waals surface area contributed by atoms with Crippen molar-refractivity contribution < 1.29 is 22.4 Å². The molecular weight excluding hydrogens is 562 g/mol. The molecule has 8 nitrogen and oxygen atoms in total. The number of carbonyl (C=O) groups is 1. The quantitative estimate of drug-likeness (QED) is 0.220. The van der Waals surface area contributed by atoms with Gasteiger partial charge in [0.15, 0.2) is 0 Å². The van der Waals surface area contributed by atoms with E-state index in [0.717, 1.165) is 17.7 Å². The summed E-state index contributed by atoms with van der Waals surface area (Å²) in [6.07, 6.45) is -0.948. The van der Waals surface area contributed by atoms with Crippen molar-refractivity contribution >= 4 is 17.5 Å². The van der Waals surface area contributed by atoms with Gasteiger partial charge in [0.1, 0.15) is 11.5 Å². The Bertz CT molecular complexity index is 1730. The largest absolute Gasteiger partial charge is 0.416 e. The van der Waals surface area contributed by atoms with Crippen molar-refractivity contribution in [3.63, 3.8) is 0 Å². The van der Waals surface area contributed by atoms with Crippen LogP contribution in [0, 0.1) is 5.82 Å². The standard InChI is InChI=1S/C31H29F4N7O/c1-40(2)27(43)19-41(3)18-21-13-15-42-26(16-21)39-28(22-6-10-24(32)11-7-22)29(42)25-12-14-36-30(38-25)37-17-20-4-8-23(9-5-20)31(33,34)35/h4-16H,17-19H2,1-3H3,(H,36,37,38). The maximum atomic E-state index is 13.8. The van der Waals surface area contributed by atoms with Crippen LogP contribution in [0.4, 0.5) is 23.5 Å².